The van der Waals surface area contributed by atoms with E-state index < -0.39 is 0 Å². The highest BCUT2D eigenvalue weighted by Gasteiger charge is 2.41. The molecule has 0 radical (unpaired) electrons. The van der Waals surface area contributed by atoms with Gasteiger partial charge in [-0.15, -0.1) is 0 Å². The van der Waals surface area contributed by atoms with Crippen LogP contribution in [0.25, 0.3) is 93.6 Å². The summed E-state index contributed by atoms with van der Waals surface area (Å²) in [6.45, 7) is -0.332. The lowest BCUT2D eigenvalue weighted by Crippen LogP contribution is -2.53. The van der Waals surface area contributed by atoms with Gasteiger partial charge in [0.15, 0.2) is 0 Å². The second-order valence-electron chi connectivity index (χ2n) is 16.0. The SMILES string of the molecule is c1ccc2c(c1)OB1c3ccc(-n4c5ccccc5c5ccccc54)cc3Oc3cc(-n4c5ccccc5c5cccc(-n6c7ccccc7c7ccccc76)c54)cc-2c31. The highest BCUT2D eigenvalue weighted by atomic mass is 16.5. The van der Waals surface area contributed by atoms with Crippen LogP contribution in [0.3, 0.4) is 0 Å². The zero-order valence-electron chi connectivity index (χ0n) is 32.2. The number of rotatable bonds is 3. The van der Waals surface area contributed by atoms with E-state index in [0.717, 1.165) is 78.4 Å². The fourth-order valence-corrected chi connectivity index (χ4v) is 10.4. The van der Waals surface area contributed by atoms with E-state index in [1.807, 2.05) is 0 Å². The fraction of sp³-hybridized carbons (Fsp3) is 0. The van der Waals surface area contributed by atoms with Gasteiger partial charge in [-0.25, -0.2) is 0 Å². The van der Waals surface area contributed by atoms with Gasteiger partial charge in [0, 0.05) is 66.6 Å². The number of ether oxygens (including phenoxy) is 1. The van der Waals surface area contributed by atoms with E-state index in [-0.39, 0.29) is 6.92 Å². The van der Waals surface area contributed by atoms with E-state index in [4.69, 9.17) is 9.39 Å². The summed E-state index contributed by atoms with van der Waals surface area (Å²) in [5.74, 6) is 2.46. The monoisotopic (exact) mass is 765 g/mol. The minimum Gasteiger partial charge on any atom is -0.551 e. The van der Waals surface area contributed by atoms with Gasteiger partial charge in [0.1, 0.15) is 17.2 Å². The molecule has 0 unspecified atom stereocenters. The second kappa shape index (κ2) is 11.8. The van der Waals surface area contributed by atoms with Crippen molar-refractivity contribution in [2.75, 3.05) is 0 Å². The molecule has 0 fully saturated rings. The first-order valence-corrected chi connectivity index (χ1v) is 20.5. The molecule has 0 amide bonds. The first kappa shape index (κ1) is 32.1. The molecule has 0 spiro atoms. The van der Waals surface area contributed by atoms with Crippen molar-refractivity contribution in [1.29, 1.82) is 0 Å². The summed E-state index contributed by atoms with van der Waals surface area (Å²) in [4.78, 5) is 0. The largest absolute Gasteiger partial charge is 0.551 e. The van der Waals surface area contributed by atoms with Crippen LogP contribution in [0.4, 0.5) is 0 Å². The minimum atomic E-state index is -0.332. The topological polar surface area (TPSA) is 33.2 Å². The molecule has 14 rings (SSSR count). The van der Waals surface area contributed by atoms with E-state index in [2.05, 4.69) is 208 Å². The average Bonchev–Trinajstić information content (AvgIpc) is 3.95. The van der Waals surface area contributed by atoms with Crippen LogP contribution in [0.5, 0.6) is 17.2 Å². The summed E-state index contributed by atoms with van der Waals surface area (Å²) in [5.41, 5.74) is 14.4. The summed E-state index contributed by atoms with van der Waals surface area (Å²) in [5, 5.41) is 7.32. The van der Waals surface area contributed by atoms with Crippen molar-refractivity contribution >= 4 is 83.3 Å². The molecular formula is C54H32BN3O2. The third-order valence-electron chi connectivity index (χ3n) is 12.9. The van der Waals surface area contributed by atoms with E-state index >= 15 is 0 Å². The van der Waals surface area contributed by atoms with Crippen molar-refractivity contribution in [3.8, 4) is 45.4 Å². The zero-order chi connectivity index (χ0) is 39.1. The Morgan fingerprint density at radius 2 is 0.867 bits per heavy atom. The zero-order valence-corrected chi connectivity index (χ0v) is 32.2. The number of hydrogen-bond donors (Lipinski definition) is 0. The van der Waals surface area contributed by atoms with Gasteiger partial charge in [0.25, 0.3) is 0 Å². The minimum absolute atomic E-state index is 0.332. The Kier molecular flexibility index (Phi) is 6.31. The Labute approximate surface area is 344 Å². The van der Waals surface area contributed by atoms with Crippen LogP contribution in [0, 0.1) is 0 Å². The van der Waals surface area contributed by atoms with E-state index in [1.165, 1.54) is 43.4 Å². The molecule has 0 atom stereocenters. The molecule has 0 saturated heterocycles. The van der Waals surface area contributed by atoms with Gasteiger partial charge in [0.2, 0.25) is 0 Å². The van der Waals surface area contributed by atoms with Crippen molar-refractivity contribution in [2.45, 2.75) is 0 Å². The van der Waals surface area contributed by atoms with Crippen molar-refractivity contribution < 1.29 is 9.39 Å². The molecule has 278 valence electrons. The molecule has 0 bridgehead atoms. The number of aromatic nitrogens is 3. The quantitative estimate of drug-likeness (QED) is 0.168. The maximum absolute atomic E-state index is 7.17. The van der Waals surface area contributed by atoms with Crippen molar-refractivity contribution in [3.63, 3.8) is 0 Å². The molecule has 9 aromatic carbocycles. The Bertz CT molecular complexity index is 3710. The summed E-state index contributed by atoms with van der Waals surface area (Å²) >= 11 is 0. The lowest BCUT2D eigenvalue weighted by Gasteiger charge is -2.33. The maximum Gasteiger partial charge on any atom is 0.434 e. The maximum atomic E-state index is 7.17. The summed E-state index contributed by atoms with van der Waals surface area (Å²) in [6, 6.07) is 69.8. The van der Waals surface area contributed by atoms with Gasteiger partial charge < -0.3 is 23.1 Å². The third-order valence-corrected chi connectivity index (χ3v) is 12.9. The molecule has 0 saturated carbocycles. The van der Waals surface area contributed by atoms with Gasteiger partial charge in [-0.1, -0.05) is 127 Å². The Hall–Kier alpha value is -7.96. The van der Waals surface area contributed by atoms with Gasteiger partial charge in [-0.3, -0.25) is 0 Å². The van der Waals surface area contributed by atoms with Gasteiger partial charge >= 0.3 is 6.92 Å². The molecular weight excluding hydrogens is 733 g/mol. The molecule has 60 heavy (non-hydrogen) atoms. The van der Waals surface area contributed by atoms with Crippen LogP contribution < -0.4 is 20.3 Å². The first-order chi connectivity index (χ1) is 29.8. The fourth-order valence-electron chi connectivity index (χ4n) is 10.4. The second-order valence-corrected chi connectivity index (χ2v) is 16.0. The Morgan fingerprint density at radius 3 is 1.52 bits per heavy atom. The predicted molar refractivity (Wildman–Crippen MR) is 247 cm³/mol. The van der Waals surface area contributed by atoms with Crippen LogP contribution in [0.15, 0.2) is 194 Å². The number of benzene rings is 9. The lowest BCUT2D eigenvalue weighted by molar-refractivity contribution is 0.479. The predicted octanol–water partition coefficient (Wildman–Crippen LogP) is 12.2. The highest BCUT2D eigenvalue weighted by Crippen LogP contribution is 2.44. The molecule has 6 heteroatoms. The molecule has 0 N–H and O–H groups in total. The lowest BCUT2D eigenvalue weighted by atomic mass is 9.51. The summed E-state index contributed by atoms with van der Waals surface area (Å²) in [7, 11) is 0. The third kappa shape index (κ3) is 4.21. The molecule has 0 aliphatic carbocycles. The number of hydrogen-bond acceptors (Lipinski definition) is 2. The van der Waals surface area contributed by atoms with Crippen molar-refractivity contribution in [3.05, 3.63) is 194 Å². The van der Waals surface area contributed by atoms with E-state index in [1.54, 1.807) is 0 Å². The van der Waals surface area contributed by atoms with Crippen LogP contribution >= 0.6 is 0 Å². The molecule has 2 aliphatic rings. The van der Waals surface area contributed by atoms with Crippen molar-refractivity contribution in [1.82, 2.24) is 13.7 Å². The van der Waals surface area contributed by atoms with Gasteiger partial charge in [0.05, 0.1) is 44.5 Å². The number of fused-ring (bicyclic) bond motifs is 13. The van der Waals surface area contributed by atoms with Crippen LogP contribution in [-0.4, -0.2) is 20.6 Å². The first-order valence-electron chi connectivity index (χ1n) is 20.5. The van der Waals surface area contributed by atoms with E-state index in [0.29, 0.717) is 0 Å². The molecule has 12 aromatic rings. The van der Waals surface area contributed by atoms with Crippen LogP contribution in [0.1, 0.15) is 0 Å². The number of nitrogens with zero attached hydrogens (tertiary/aromatic N) is 3. The molecule has 5 heterocycles. The normalized spacial score (nSPS) is 12.9. The van der Waals surface area contributed by atoms with Crippen LogP contribution in [0.2, 0.25) is 0 Å². The number of para-hydroxylation sites is 7. The smallest absolute Gasteiger partial charge is 0.434 e. The average molecular weight is 766 g/mol. The Morgan fingerprint density at radius 1 is 0.350 bits per heavy atom. The Balaban J connectivity index is 1.04. The van der Waals surface area contributed by atoms with Crippen molar-refractivity contribution in [2.24, 2.45) is 0 Å². The summed E-state index contributed by atoms with van der Waals surface area (Å²) in [6.07, 6.45) is 0. The standard InChI is InChI=1S/C54H32BN3O2/c1-7-21-44-35(14-1)36-15-2-8-22-45(36)56(44)33-28-29-43-51(31-33)59-52-32-34(30-42-40-19-6-12-27-50(40)60-55(43)53(42)52)57-46-23-9-5-18-39(46)41-20-13-26-49(54(41)57)58-47-24-10-3-16-37(47)38-17-4-11-25-48(38)58/h1-32H. The van der Waals surface area contributed by atoms with Gasteiger partial charge in [-0.05, 0) is 60.2 Å². The van der Waals surface area contributed by atoms with Gasteiger partial charge in [-0.2, -0.15) is 0 Å². The highest BCUT2D eigenvalue weighted by molar-refractivity contribution is 6.84. The van der Waals surface area contributed by atoms with Crippen LogP contribution in [-0.2, 0) is 0 Å². The van der Waals surface area contributed by atoms with E-state index in [9.17, 15) is 0 Å². The molecule has 3 aromatic heterocycles. The molecule has 2 aliphatic heterocycles. The molecule has 5 nitrogen and oxygen atoms in total. The summed E-state index contributed by atoms with van der Waals surface area (Å²) < 4.78 is 21.4.